The predicted molar refractivity (Wildman–Crippen MR) is 120 cm³/mol. The number of hydrogen-bond acceptors (Lipinski definition) is 3. The van der Waals surface area contributed by atoms with E-state index in [0.717, 1.165) is 17.1 Å². The Hall–Kier alpha value is -2.86. The highest BCUT2D eigenvalue weighted by Gasteiger charge is 2.42. The maximum absolute atomic E-state index is 5.79. The summed E-state index contributed by atoms with van der Waals surface area (Å²) in [7, 11) is 1.69. The van der Waals surface area contributed by atoms with E-state index in [4.69, 9.17) is 17.0 Å². The molecule has 3 heterocycles. The zero-order valence-electron chi connectivity index (χ0n) is 17.2. The fourth-order valence-corrected chi connectivity index (χ4v) is 4.13. The van der Waals surface area contributed by atoms with Crippen LogP contribution in [0.1, 0.15) is 44.1 Å². The molecule has 0 saturated carbocycles. The minimum atomic E-state index is -0.0653. The monoisotopic (exact) mass is 406 g/mol. The highest BCUT2D eigenvalue weighted by molar-refractivity contribution is 7.80. The standard InChI is InChI=1S/C23H26N4OS/c1-23(2,3)26-14-12-16(15-26)21-20(17-9-7-8-13-24-17)25-22(29)27(21)18-10-5-6-11-19(18)28-4/h5-15,20-21H,1-4H3,(H,25,29)/t20-,21-/m1/s1. The minimum Gasteiger partial charge on any atom is -0.495 e. The molecule has 1 saturated heterocycles. The molecule has 2 aromatic heterocycles. The van der Waals surface area contributed by atoms with Gasteiger partial charge in [0, 0.05) is 24.1 Å². The summed E-state index contributed by atoms with van der Waals surface area (Å²) >= 11 is 5.79. The van der Waals surface area contributed by atoms with E-state index < -0.39 is 0 Å². The van der Waals surface area contributed by atoms with Crippen molar-refractivity contribution in [2.24, 2.45) is 0 Å². The van der Waals surface area contributed by atoms with Crippen molar-refractivity contribution in [3.8, 4) is 5.75 Å². The van der Waals surface area contributed by atoms with E-state index in [1.54, 1.807) is 7.11 Å². The summed E-state index contributed by atoms with van der Waals surface area (Å²) in [6.07, 6.45) is 6.16. The summed E-state index contributed by atoms with van der Waals surface area (Å²) in [6, 6.07) is 16.0. The van der Waals surface area contributed by atoms with E-state index in [1.807, 2.05) is 48.7 Å². The summed E-state index contributed by atoms with van der Waals surface area (Å²) in [5.74, 6) is 0.790. The number of rotatable bonds is 4. The highest BCUT2D eigenvalue weighted by atomic mass is 32.1. The molecule has 5 nitrogen and oxygen atoms in total. The van der Waals surface area contributed by atoms with E-state index in [1.165, 1.54) is 5.56 Å². The number of anilines is 1. The fraction of sp³-hybridized carbons (Fsp3) is 0.304. The first-order valence-electron chi connectivity index (χ1n) is 9.72. The highest BCUT2D eigenvalue weighted by Crippen LogP contribution is 2.44. The SMILES string of the molecule is COc1ccccc1N1C(=S)N[C@H](c2ccccn2)[C@H]1c1ccn(C(C)(C)C)c1. The maximum atomic E-state index is 5.79. The Morgan fingerprint density at radius 1 is 1.07 bits per heavy atom. The Morgan fingerprint density at radius 3 is 2.48 bits per heavy atom. The van der Waals surface area contributed by atoms with E-state index in [0.29, 0.717) is 5.11 Å². The largest absolute Gasteiger partial charge is 0.495 e. The molecule has 150 valence electrons. The number of nitrogens with one attached hydrogen (secondary N) is 1. The smallest absolute Gasteiger partial charge is 0.174 e. The van der Waals surface area contributed by atoms with Crippen LogP contribution in [0.25, 0.3) is 0 Å². The molecule has 29 heavy (non-hydrogen) atoms. The van der Waals surface area contributed by atoms with Gasteiger partial charge in [0.05, 0.1) is 30.6 Å². The minimum absolute atomic E-state index is 0.000548. The van der Waals surface area contributed by atoms with Crippen LogP contribution in [0.2, 0.25) is 0 Å². The number of para-hydroxylation sites is 2. The van der Waals surface area contributed by atoms with Crippen LogP contribution in [0.5, 0.6) is 5.75 Å². The Bertz CT molecular complexity index is 1010. The van der Waals surface area contributed by atoms with Crippen LogP contribution in [0, 0.1) is 0 Å². The number of benzene rings is 1. The van der Waals surface area contributed by atoms with Gasteiger partial charge in [0.15, 0.2) is 5.11 Å². The van der Waals surface area contributed by atoms with Gasteiger partial charge in [-0.25, -0.2) is 0 Å². The first-order chi connectivity index (χ1) is 13.9. The lowest BCUT2D eigenvalue weighted by atomic mass is 9.98. The third kappa shape index (κ3) is 3.60. The Labute approximate surface area is 177 Å². The topological polar surface area (TPSA) is 42.3 Å². The molecule has 0 bridgehead atoms. The van der Waals surface area contributed by atoms with Crippen molar-refractivity contribution in [1.82, 2.24) is 14.9 Å². The summed E-state index contributed by atoms with van der Waals surface area (Å²) in [5.41, 5.74) is 3.08. The summed E-state index contributed by atoms with van der Waals surface area (Å²) in [4.78, 5) is 6.76. The number of pyridine rings is 1. The van der Waals surface area contributed by atoms with E-state index in [2.05, 4.69) is 59.0 Å². The van der Waals surface area contributed by atoms with E-state index in [9.17, 15) is 0 Å². The summed E-state index contributed by atoms with van der Waals surface area (Å²) < 4.78 is 7.88. The van der Waals surface area contributed by atoms with Crippen LogP contribution in [-0.4, -0.2) is 21.8 Å². The number of methoxy groups -OCH3 is 1. The molecule has 1 aromatic carbocycles. The van der Waals surface area contributed by atoms with Crippen molar-refractivity contribution in [3.05, 3.63) is 78.4 Å². The van der Waals surface area contributed by atoms with Crippen molar-refractivity contribution >= 4 is 23.0 Å². The number of thiocarbonyl (C=S) groups is 1. The van der Waals surface area contributed by atoms with Gasteiger partial charge in [-0.1, -0.05) is 18.2 Å². The molecule has 0 aliphatic carbocycles. The fourth-order valence-electron chi connectivity index (χ4n) is 3.79. The summed E-state index contributed by atoms with van der Waals surface area (Å²) in [6.45, 7) is 6.59. The maximum Gasteiger partial charge on any atom is 0.174 e. The molecule has 4 rings (SSSR count). The Balaban J connectivity index is 1.85. The zero-order chi connectivity index (χ0) is 20.6. The molecule has 1 fully saturated rings. The number of hydrogen-bond donors (Lipinski definition) is 1. The van der Waals surface area contributed by atoms with Crippen LogP contribution in [0.4, 0.5) is 5.69 Å². The van der Waals surface area contributed by atoms with Crippen LogP contribution in [0.3, 0.4) is 0 Å². The number of aromatic nitrogens is 2. The van der Waals surface area contributed by atoms with Crippen molar-refractivity contribution in [1.29, 1.82) is 0 Å². The van der Waals surface area contributed by atoms with Gasteiger partial charge < -0.3 is 19.5 Å². The molecule has 0 amide bonds. The van der Waals surface area contributed by atoms with Crippen molar-refractivity contribution < 1.29 is 4.74 Å². The van der Waals surface area contributed by atoms with E-state index >= 15 is 0 Å². The molecule has 0 radical (unpaired) electrons. The van der Waals surface area contributed by atoms with Gasteiger partial charge in [-0.15, -0.1) is 0 Å². The molecular weight excluding hydrogens is 380 g/mol. The molecule has 2 atom stereocenters. The molecule has 1 N–H and O–H groups in total. The number of nitrogens with zero attached hydrogens (tertiary/aromatic N) is 3. The van der Waals surface area contributed by atoms with Gasteiger partial charge in [0.2, 0.25) is 0 Å². The van der Waals surface area contributed by atoms with Gasteiger partial charge >= 0.3 is 0 Å². The second-order valence-electron chi connectivity index (χ2n) is 8.19. The van der Waals surface area contributed by atoms with Gasteiger partial charge in [0.1, 0.15) is 5.75 Å². The molecular formula is C23H26N4OS. The van der Waals surface area contributed by atoms with Crippen LogP contribution >= 0.6 is 12.2 Å². The predicted octanol–water partition coefficient (Wildman–Crippen LogP) is 4.82. The van der Waals surface area contributed by atoms with Crippen molar-refractivity contribution in [2.75, 3.05) is 12.0 Å². The molecule has 1 aliphatic heterocycles. The third-order valence-electron chi connectivity index (χ3n) is 5.27. The van der Waals surface area contributed by atoms with Crippen LogP contribution < -0.4 is 15.0 Å². The van der Waals surface area contributed by atoms with Gasteiger partial charge in [-0.2, -0.15) is 0 Å². The normalized spacial score (nSPS) is 19.3. The lowest BCUT2D eigenvalue weighted by Crippen LogP contribution is -2.29. The second-order valence-corrected chi connectivity index (χ2v) is 8.58. The number of ether oxygens (including phenoxy) is 1. The summed E-state index contributed by atoms with van der Waals surface area (Å²) in [5, 5.41) is 4.16. The Kier molecular flexibility index (Phi) is 5.04. The molecule has 3 aromatic rings. The van der Waals surface area contributed by atoms with Gasteiger partial charge in [-0.05, 0) is 68.9 Å². The van der Waals surface area contributed by atoms with Crippen LogP contribution in [0.15, 0.2) is 67.1 Å². The van der Waals surface area contributed by atoms with Gasteiger partial charge in [-0.3, -0.25) is 4.98 Å². The third-order valence-corrected chi connectivity index (χ3v) is 5.59. The molecule has 0 unspecified atom stereocenters. The lowest BCUT2D eigenvalue weighted by molar-refractivity contribution is 0.396. The average molecular weight is 407 g/mol. The lowest BCUT2D eigenvalue weighted by Gasteiger charge is -2.28. The first kappa shape index (κ1) is 19.5. The molecule has 1 aliphatic rings. The van der Waals surface area contributed by atoms with Gasteiger partial charge in [0.25, 0.3) is 0 Å². The van der Waals surface area contributed by atoms with Crippen LogP contribution in [-0.2, 0) is 5.54 Å². The average Bonchev–Trinajstić information content (AvgIpc) is 3.33. The second kappa shape index (κ2) is 7.52. The Morgan fingerprint density at radius 2 is 1.83 bits per heavy atom. The van der Waals surface area contributed by atoms with Crippen molar-refractivity contribution in [2.45, 2.75) is 38.4 Å². The molecule has 0 spiro atoms. The molecule has 6 heteroatoms. The first-order valence-corrected chi connectivity index (χ1v) is 10.1. The van der Waals surface area contributed by atoms with E-state index in [-0.39, 0.29) is 17.6 Å². The van der Waals surface area contributed by atoms with Crippen molar-refractivity contribution in [3.63, 3.8) is 0 Å². The quantitative estimate of drug-likeness (QED) is 0.629. The zero-order valence-corrected chi connectivity index (χ0v) is 18.0.